The van der Waals surface area contributed by atoms with E-state index in [0.29, 0.717) is 23.1 Å². The van der Waals surface area contributed by atoms with Crippen molar-refractivity contribution in [1.29, 1.82) is 0 Å². The van der Waals surface area contributed by atoms with Crippen LogP contribution in [0.25, 0.3) is 0 Å². The zero-order valence-electron chi connectivity index (χ0n) is 13.2. The molecule has 3 unspecified atom stereocenters. The molecule has 1 saturated carbocycles. The zero-order valence-corrected chi connectivity index (χ0v) is 13.2. The molecule has 2 aliphatic carbocycles. The number of carbonyl (C=O) groups is 3. The summed E-state index contributed by atoms with van der Waals surface area (Å²) in [6.07, 6.45) is 6.22. The molecule has 0 radical (unpaired) electrons. The van der Waals surface area contributed by atoms with Crippen molar-refractivity contribution in [2.45, 2.75) is 19.3 Å². The van der Waals surface area contributed by atoms with Gasteiger partial charge in [-0.25, -0.2) is 0 Å². The van der Waals surface area contributed by atoms with Crippen LogP contribution in [0.4, 0.5) is 5.69 Å². The number of carboxylic acid groups (broad SMARTS) is 1. The number of nitrogens with one attached hydrogen (secondary N) is 2. The first-order valence-corrected chi connectivity index (χ1v) is 8.12. The van der Waals surface area contributed by atoms with Crippen LogP contribution >= 0.6 is 0 Å². The Balaban J connectivity index is 1.53. The van der Waals surface area contributed by atoms with E-state index in [1.165, 1.54) is 0 Å². The second-order valence-corrected chi connectivity index (χ2v) is 6.35. The number of rotatable bonds is 6. The second kappa shape index (κ2) is 6.86. The van der Waals surface area contributed by atoms with Gasteiger partial charge in [-0.15, -0.1) is 0 Å². The van der Waals surface area contributed by atoms with Crippen LogP contribution < -0.4 is 10.6 Å². The molecule has 0 spiro atoms. The average molecular weight is 328 g/mol. The molecule has 0 saturated heterocycles. The monoisotopic (exact) mass is 328 g/mol. The highest BCUT2D eigenvalue weighted by Crippen LogP contribution is 2.43. The third-order valence-electron chi connectivity index (χ3n) is 4.65. The molecule has 6 heteroatoms. The van der Waals surface area contributed by atoms with Gasteiger partial charge >= 0.3 is 5.97 Å². The molecule has 24 heavy (non-hydrogen) atoms. The summed E-state index contributed by atoms with van der Waals surface area (Å²) in [5.74, 6) is -0.308. The lowest BCUT2D eigenvalue weighted by molar-refractivity contribution is -0.136. The van der Waals surface area contributed by atoms with Crippen LogP contribution in [0.15, 0.2) is 36.4 Å². The van der Waals surface area contributed by atoms with Gasteiger partial charge in [0.05, 0.1) is 6.42 Å². The van der Waals surface area contributed by atoms with Crippen LogP contribution in [-0.2, 0) is 9.59 Å². The lowest BCUT2D eigenvalue weighted by Gasteiger charge is -2.17. The minimum Gasteiger partial charge on any atom is -0.481 e. The summed E-state index contributed by atoms with van der Waals surface area (Å²) in [6, 6.07) is 6.61. The highest BCUT2D eigenvalue weighted by atomic mass is 16.4. The summed E-state index contributed by atoms with van der Waals surface area (Å²) in [4.78, 5) is 34.6. The summed E-state index contributed by atoms with van der Waals surface area (Å²) in [5.41, 5.74) is 1.09. The van der Waals surface area contributed by atoms with Gasteiger partial charge in [-0.3, -0.25) is 14.4 Å². The Kier molecular flexibility index (Phi) is 4.64. The molecule has 126 valence electrons. The fourth-order valence-electron chi connectivity index (χ4n) is 3.41. The van der Waals surface area contributed by atoms with Crippen molar-refractivity contribution in [2.75, 3.05) is 11.9 Å². The SMILES string of the molecule is O=C(O)CCNC(=O)c1ccc(NC(=O)C2CC3C=CC2C3)cc1. The molecule has 1 aromatic carbocycles. The van der Waals surface area contributed by atoms with Gasteiger partial charge in [0.25, 0.3) is 5.91 Å². The summed E-state index contributed by atoms with van der Waals surface area (Å²) in [6.45, 7) is 0.0877. The minimum atomic E-state index is -0.955. The number of fused-ring (bicyclic) bond motifs is 2. The van der Waals surface area contributed by atoms with Gasteiger partial charge in [-0.05, 0) is 48.9 Å². The highest BCUT2D eigenvalue weighted by Gasteiger charge is 2.39. The number of hydrogen-bond acceptors (Lipinski definition) is 3. The van der Waals surface area contributed by atoms with Crippen molar-refractivity contribution < 1.29 is 19.5 Å². The van der Waals surface area contributed by atoms with Gasteiger partial charge in [-0.2, -0.15) is 0 Å². The van der Waals surface area contributed by atoms with Crippen molar-refractivity contribution in [1.82, 2.24) is 5.32 Å². The number of aliphatic carboxylic acids is 1. The van der Waals surface area contributed by atoms with E-state index >= 15 is 0 Å². The molecule has 2 bridgehead atoms. The van der Waals surface area contributed by atoms with Crippen LogP contribution in [0.1, 0.15) is 29.6 Å². The van der Waals surface area contributed by atoms with Crippen LogP contribution in [0.2, 0.25) is 0 Å². The number of anilines is 1. The maximum absolute atomic E-state index is 12.3. The summed E-state index contributed by atoms with van der Waals surface area (Å²) < 4.78 is 0. The Labute approximate surface area is 139 Å². The molecule has 6 nitrogen and oxygen atoms in total. The predicted octanol–water partition coefficient (Wildman–Crippen LogP) is 2.04. The Morgan fingerprint density at radius 1 is 1.08 bits per heavy atom. The second-order valence-electron chi connectivity index (χ2n) is 6.35. The van der Waals surface area contributed by atoms with Crippen LogP contribution in [0.3, 0.4) is 0 Å². The average Bonchev–Trinajstić information content (AvgIpc) is 3.18. The third-order valence-corrected chi connectivity index (χ3v) is 4.65. The van der Waals surface area contributed by atoms with Gasteiger partial charge in [0.15, 0.2) is 0 Å². The molecule has 0 aromatic heterocycles. The van der Waals surface area contributed by atoms with E-state index in [9.17, 15) is 14.4 Å². The fourth-order valence-corrected chi connectivity index (χ4v) is 3.41. The van der Waals surface area contributed by atoms with Gasteiger partial charge in [-0.1, -0.05) is 12.2 Å². The minimum absolute atomic E-state index is 0.0329. The zero-order chi connectivity index (χ0) is 17.1. The van der Waals surface area contributed by atoms with E-state index in [1.54, 1.807) is 24.3 Å². The number of amides is 2. The molecular formula is C18H20N2O4. The summed E-state index contributed by atoms with van der Waals surface area (Å²) in [5, 5.41) is 14.0. The maximum Gasteiger partial charge on any atom is 0.305 e. The number of carboxylic acids is 1. The van der Waals surface area contributed by atoms with Crippen LogP contribution in [0, 0.1) is 17.8 Å². The van der Waals surface area contributed by atoms with Crippen molar-refractivity contribution in [3.8, 4) is 0 Å². The lowest BCUT2D eigenvalue weighted by atomic mass is 9.93. The first-order chi connectivity index (χ1) is 11.5. The number of allylic oxidation sites excluding steroid dienone is 2. The smallest absolute Gasteiger partial charge is 0.305 e. The normalized spacial score (nSPS) is 23.9. The lowest BCUT2D eigenvalue weighted by Crippen LogP contribution is -2.26. The van der Waals surface area contributed by atoms with Crippen molar-refractivity contribution in [3.05, 3.63) is 42.0 Å². The van der Waals surface area contributed by atoms with Crippen molar-refractivity contribution >= 4 is 23.5 Å². The van der Waals surface area contributed by atoms with Gasteiger partial charge in [0.1, 0.15) is 0 Å². The molecule has 1 aromatic rings. The van der Waals surface area contributed by atoms with E-state index in [2.05, 4.69) is 22.8 Å². The van der Waals surface area contributed by atoms with Gasteiger partial charge < -0.3 is 15.7 Å². The van der Waals surface area contributed by atoms with E-state index in [0.717, 1.165) is 12.8 Å². The first-order valence-electron chi connectivity index (χ1n) is 8.12. The van der Waals surface area contributed by atoms with Crippen LogP contribution in [-0.4, -0.2) is 29.4 Å². The predicted molar refractivity (Wildman–Crippen MR) is 88.5 cm³/mol. The third kappa shape index (κ3) is 3.64. The van der Waals surface area contributed by atoms with Gasteiger partial charge in [0, 0.05) is 23.7 Å². The summed E-state index contributed by atoms with van der Waals surface area (Å²) >= 11 is 0. The Bertz CT molecular complexity index is 681. The first kappa shape index (κ1) is 16.2. The van der Waals surface area contributed by atoms with Gasteiger partial charge in [0.2, 0.25) is 5.91 Å². The molecule has 1 fully saturated rings. The Morgan fingerprint density at radius 3 is 2.42 bits per heavy atom. The molecule has 0 heterocycles. The fraction of sp³-hybridized carbons (Fsp3) is 0.389. The number of benzene rings is 1. The molecule has 3 N–H and O–H groups in total. The van der Waals surface area contributed by atoms with E-state index in [1.807, 2.05) is 0 Å². The molecule has 3 atom stereocenters. The summed E-state index contributed by atoms with van der Waals surface area (Å²) in [7, 11) is 0. The Hall–Kier alpha value is -2.63. The standard InChI is InChI=1S/C18H20N2O4/c21-16(22)7-8-19-17(23)12-3-5-14(6-4-12)20-18(24)15-10-11-1-2-13(15)9-11/h1-6,11,13,15H,7-10H2,(H,19,23)(H,20,24)(H,21,22). The Morgan fingerprint density at radius 2 is 1.83 bits per heavy atom. The molecule has 2 amide bonds. The largest absolute Gasteiger partial charge is 0.481 e. The van der Waals surface area contributed by atoms with Crippen molar-refractivity contribution in [2.24, 2.45) is 17.8 Å². The topological polar surface area (TPSA) is 95.5 Å². The van der Waals surface area contributed by atoms with E-state index in [4.69, 9.17) is 5.11 Å². The molecule has 0 aliphatic heterocycles. The van der Waals surface area contributed by atoms with Crippen LogP contribution in [0.5, 0.6) is 0 Å². The molecule has 2 aliphatic rings. The number of hydrogen-bond donors (Lipinski definition) is 3. The quantitative estimate of drug-likeness (QED) is 0.696. The van der Waals surface area contributed by atoms with E-state index < -0.39 is 5.97 Å². The number of carbonyl (C=O) groups excluding carboxylic acids is 2. The molecular weight excluding hydrogens is 308 g/mol. The molecule has 3 rings (SSSR count). The maximum atomic E-state index is 12.3. The van der Waals surface area contributed by atoms with Crippen molar-refractivity contribution in [3.63, 3.8) is 0 Å². The highest BCUT2D eigenvalue weighted by molar-refractivity contribution is 5.96. The van der Waals surface area contributed by atoms with E-state index in [-0.39, 0.29) is 30.7 Å².